The highest BCUT2D eigenvalue weighted by Crippen LogP contribution is 2.50. The molecular weight excluding hydrogens is 486 g/mol. The second-order valence-electron chi connectivity index (χ2n) is 10.4. The molecule has 0 radical (unpaired) electrons. The lowest BCUT2D eigenvalue weighted by Crippen LogP contribution is -2.43. The number of hydrogen-bond donors (Lipinski definition) is 1. The quantitative estimate of drug-likeness (QED) is 0.593. The fraction of sp³-hybridized carbons (Fsp3) is 0.379. The number of nitriles is 1. The predicted molar refractivity (Wildman–Crippen MR) is 140 cm³/mol. The second kappa shape index (κ2) is 9.53. The SMILES string of the molecule is COc1cc(N2C(N)=C(C#N)C(Cc3ccc4c(c3)OCO4)C3=C2CC(C)(C)CC3=O)cc(OC)c1OC. The Morgan fingerprint density at radius 2 is 1.74 bits per heavy atom. The van der Waals surface area contributed by atoms with Gasteiger partial charge in [-0.2, -0.15) is 5.26 Å². The molecule has 0 fully saturated rings. The van der Waals surface area contributed by atoms with E-state index in [-0.39, 0.29) is 23.8 Å². The molecule has 0 saturated heterocycles. The summed E-state index contributed by atoms with van der Waals surface area (Å²) in [6.45, 7) is 4.30. The first kappa shape index (κ1) is 25.3. The van der Waals surface area contributed by atoms with Crippen molar-refractivity contribution in [2.45, 2.75) is 33.1 Å². The monoisotopic (exact) mass is 517 g/mol. The minimum Gasteiger partial charge on any atom is -0.493 e. The summed E-state index contributed by atoms with van der Waals surface area (Å²) >= 11 is 0. The Hall–Kier alpha value is -4.32. The highest BCUT2D eigenvalue weighted by atomic mass is 16.7. The normalized spacial score (nSPS) is 19.7. The number of carbonyl (C=O) groups is 1. The highest BCUT2D eigenvalue weighted by molar-refractivity contribution is 6.00. The summed E-state index contributed by atoms with van der Waals surface area (Å²) in [5, 5.41) is 10.3. The molecule has 0 aromatic heterocycles. The van der Waals surface area contributed by atoms with E-state index in [2.05, 4.69) is 19.9 Å². The van der Waals surface area contributed by atoms with Crippen LogP contribution in [0.1, 0.15) is 32.3 Å². The van der Waals surface area contributed by atoms with E-state index in [4.69, 9.17) is 29.4 Å². The first-order valence-corrected chi connectivity index (χ1v) is 12.4. The molecule has 0 amide bonds. The van der Waals surface area contributed by atoms with E-state index < -0.39 is 5.92 Å². The van der Waals surface area contributed by atoms with Gasteiger partial charge in [0.25, 0.3) is 0 Å². The van der Waals surface area contributed by atoms with Crippen molar-refractivity contribution in [1.82, 2.24) is 0 Å². The first-order valence-electron chi connectivity index (χ1n) is 12.4. The molecule has 3 aliphatic rings. The number of rotatable bonds is 6. The van der Waals surface area contributed by atoms with Gasteiger partial charge in [0.05, 0.1) is 38.7 Å². The van der Waals surface area contributed by atoms with Crippen LogP contribution in [0.4, 0.5) is 5.69 Å². The number of ketones is 1. The maximum Gasteiger partial charge on any atom is 0.231 e. The van der Waals surface area contributed by atoms with E-state index in [9.17, 15) is 10.1 Å². The minimum atomic E-state index is -0.489. The number of nitrogens with zero attached hydrogens (tertiary/aromatic N) is 2. The van der Waals surface area contributed by atoms with Gasteiger partial charge in [0, 0.05) is 35.7 Å². The van der Waals surface area contributed by atoms with E-state index in [1.54, 1.807) is 17.0 Å². The number of methoxy groups -OCH3 is 3. The van der Waals surface area contributed by atoms with Crippen LogP contribution in [0.5, 0.6) is 28.7 Å². The Morgan fingerprint density at radius 3 is 2.37 bits per heavy atom. The molecular formula is C29H31N3O6. The van der Waals surface area contributed by atoms with E-state index in [0.717, 1.165) is 11.3 Å². The lowest BCUT2D eigenvalue weighted by atomic mass is 9.69. The van der Waals surface area contributed by atoms with Crippen molar-refractivity contribution in [2.75, 3.05) is 33.0 Å². The Morgan fingerprint density at radius 1 is 1.05 bits per heavy atom. The number of fused-ring (bicyclic) bond motifs is 1. The predicted octanol–water partition coefficient (Wildman–Crippen LogP) is 4.46. The summed E-state index contributed by atoms with van der Waals surface area (Å²) in [6, 6.07) is 11.5. The maximum atomic E-state index is 13.8. The summed E-state index contributed by atoms with van der Waals surface area (Å²) in [5.41, 5.74) is 9.75. The van der Waals surface area contributed by atoms with E-state index in [0.29, 0.717) is 64.8 Å². The summed E-state index contributed by atoms with van der Waals surface area (Å²) < 4.78 is 27.6. The van der Waals surface area contributed by atoms with Gasteiger partial charge in [0.2, 0.25) is 12.5 Å². The van der Waals surface area contributed by atoms with Gasteiger partial charge in [-0.1, -0.05) is 19.9 Å². The second-order valence-corrected chi connectivity index (χ2v) is 10.4. The Labute approximate surface area is 222 Å². The molecule has 9 heteroatoms. The third-order valence-electron chi connectivity index (χ3n) is 7.29. The molecule has 2 aliphatic heterocycles. The van der Waals surface area contributed by atoms with Crippen molar-refractivity contribution in [1.29, 1.82) is 5.26 Å². The topological polar surface area (TPSA) is 116 Å². The fourth-order valence-corrected chi connectivity index (χ4v) is 5.62. The van der Waals surface area contributed by atoms with Crippen molar-refractivity contribution >= 4 is 11.5 Å². The minimum absolute atomic E-state index is 0.0136. The average molecular weight is 518 g/mol. The van der Waals surface area contributed by atoms with Gasteiger partial charge in [0.1, 0.15) is 5.82 Å². The molecule has 0 bridgehead atoms. The van der Waals surface area contributed by atoms with Crippen LogP contribution in [0.3, 0.4) is 0 Å². The smallest absolute Gasteiger partial charge is 0.231 e. The number of allylic oxidation sites excluding steroid dienone is 3. The van der Waals surface area contributed by atoms with Crippen LogP contribution in [0.2, 0.25) is 0 Å². The molecule has 1 aliphatic carbocycles. The van der Waals surface area contributed by atoms with Crippen LogP contribution in [-0.4, -0.2) is 33.9 Å². The summed E-state index contributed by atoms with van der Waals surface area (Å²) in [5.74, 6) is 2.45. The van der Waals surface area contributed by atoms with E-state index >= 15 is 0 Å². The fourth-order valence-electron chi connectivity index (χ4n) is 5.62. The molecule has 0 saturated carbocycles. The highest BCUT2D eigenvalue weighted by Gasteiger charge is 2.44. The molecule has 2 N–H and O–H groups in total. The molecule has 38 heavy (non-hydrogen) atoms. The lowest BCUT2D eigenvalue weighted by Gasteiger charge is -2.43. The zero-order chi connectivity index (χ0) is 27.2. The number of benzene rings is 2. The van der Waals surface area contributed by atoms with Crippen LogP contribution in [0.15, 0.2) is 53.0 Å². The Balaban J connectivity index is 1.68. The number of nitrogens with two attached hydrogens (primary N) is 1. The van der Waals surface area contributed by atoms with Gasteiger partial charge in [-0.15, -0.1) is 0 Å². The van der Waals surface area contributed by atoms with E-state index in [1.807, 2.05) is 18.2 Å². The third kappa shape index (κ3) is 4.16. The first-order chi connectivity index (χ1) is 18.2. The third-order valence-corrected chi connectivity index (χ3v) is 7.29. The van der Waals surface area contributed by atoms with Gasteiger partial charge < -0.3 is 29.4 Å². The molecule has 2 heterocycles. The van der Waals surface area contributed by atoms with Gasteiger partial charge in [-0.3, -0.25) is 9.69 Å². The maximum absolute atomic E-state index is 13.8. The molecule has 1 unspecified atom stereocenters. The summed E-state index contributed by atoms with van der Waals surface area (Å²) in [6.07, 6.45) is 1.40. The lowest BCUT2D eigenvalue weighted by molar-refractivity contribution is -0.118. The van der Waals surface area contributed by atoms with Crippen molar-refractivity contribution < 1.29 is 28.5 Å². The zero-order valence-corrected chi connectivity index (χ0v) is 22.2. The standard InChI is InChI=1S/C29H31N3O6/c1-29(2)12-20-26(21(33)13-29)18(8-16-6-7-22-23(9-16)38-15-37-22)19(14-30)28(31)32(20)17-10-24(34-3)27(36-5)25(11-17)35-4/h6-7,9-11,18H,8,12-13,15,31H2,1-5H3. The van der Waals surface area contributed by atoms with Gasteiger partial charge in [0.15, 0.2) is 28.8 Å². The van der Waals surface area contributed by atoms with Crippen LogP contribution in [-0.2, 0) is 11.2 Å². The zero-order valence-electron chi connectivity index (χ0n) is 22.2. The van der Waals surface area contributed by atoms with Gasteiger partial charge in [-0.25, -0.2) is 0 Å². The molecule has 2 aromatic carbocycles. The van der Waals surface area contributed by atoms with Crippen LogP contribution < -0.4 is 34.3 Å². The van der Waals surface area contributed by atoms with Crippen LogP contribution >= 0.6 is 0 Å². The van der Waals surface area contributed by atoms with Crippen molar-refractivity contribution in [3.05, 3.63) is 58.6 Å². The van der Waals surface area contributed by atoms with E-state index in [1.165, 1.54) is 21.3 Å². The van der Waals surface area contributed by atoms with Crippen LogP contribution in [0, 0.1) is 22.7 Å². The number of Topliss-reactive ketones (excluding diaryl/α,β-unsaturated/α-hetero) is 1. The molecule has 198 valence electrons. The Kier molecular flexibility index (Phi) is 6.35. The number of carbonyl (C=O) groups excluding carboxylic acids is 1. The number of anilines is 1. The average Bonchev–Trinajstić information content (AvgIpc) is 3.35. The molecule has 9 nitrogen and oxygen atoms in total. The Bertz CT molecular complexity index is 1390. The van der Waals surface area contributed by atoms with Crippen molar-refractivity contribution in [2.24, 2.45) is 17.1 Å². The largest absolute Gasteiger partial charge is 0.493 e. The van der Waals surface area contributed by atoms with Crippen molar-refractivity contribution in [3.8, 4) is 34.8 Å². The molecule has 1 atom stereocenters. The van der Waals surface area contributed by atoms with Crippen LogP contribution in [0.25, 0.3) is 0 Å². The molecule has 5 rings (SSSR count). The number of hydrogen-bond acceptors (Lipinski definition) is 9. The summed E-state index contributed by atoms with van der Waals surface area (Å²) in [7, 11) is 4.61. The molecule has 0 spiro atoms. The number of ether oxygens (including phenoxy) is 5. The van der Waals surface area contributed by atoms with Crippen molar-refractivity contribution in [3.63, 3.8) is 0 Å². The van der Waals surface area contributed by atoms with Gasteiger partial charge in [-0.05, 0) is 36.0 Å². The van der Waals surface area contributed by atoms with Gasteiger partial charge >= 0.3 is 0 Å². The summed E-state index contributed by atoms with van der Waals surface area (Å²) in [4.78, 5) is 15.6. The molecule has 2 aromatic rings.